The number of hydrogen-bond acceptors (Lipinski definition) is 4. The number of guanidine groups is 1. The van der Waals surface area contributed by atoms with Gasteiger partial charge < -0.3 is 20.3 Å². The van der Waals surface area contributed by atoms with E-state index >= 15 is 0 Å². The Bertz CT molecular complexity index is 457. The number of aliphatic imine (C=N–C) groups is 1. The smallest absolute Gasteiger partial charge is 0.191 e. The molecule has 3 rings (SSSR count). The van der Waals surface area contributed by atoms with Gasteiger partial charge >= 0.3 is 0 Å². The Kier molecular flexibility index (Phi) is 8.22. The molecule has 2 heterocycles. The van der Waals surface area contributed by atoms with Crippen LogP contribution in [0.15, 0.2) is 4.99 Å². The summed E-state index contributed by atoms with van der Waals surface area (Å²) in [5.74, 6) is 1.72. The van der Waals surface area contributed by atoms with Crippen molar-refractivity contribution in [2.75, 3.05) is 73.1 Å². The molecule has 3 fully saturated rings. The molecule has 1 saturated carbocycles. The van der Waals surface area contributed by atoms with Crippen LogP contribution in [0.3, 0.4) is 0 Å². The van der Waals surface area contributed by atoms with Gasteiger partial charge in [0, 0.05) is 51.7 Å². The zero-order valence-electron chi connectivity index (χ0n) is 17.6. The summed E-state index contributed by atoms with van der Waals surface area (Å²) < 4.78 is 5.54. The van der Waals surface area contributed by atoms with Crippen LogP contribution < -0.4 is 10.6 Å². The molecule has 1 unspecified atom stereocenters. The number of ether oxygens (including phenoxy) is 1. The fraction of sp³-hybridized carbons (Fsp3) is 0.952. The molecule has 6 nitrogen and oxygen atoms in total. The summed E-state index contributed by atoms with van der Waals surface area (Å²) in [6, 6.07) is 0. The molecule has 2 aliphatic heterocycles. The number of morpholine rings is 1. The molecule has 6 heteroatoms. The lowest BCUT2D eigenvalue weighted by Gasteiger charge is -2.42. The Morgan fingerprint density at radius 1 is 1.07 bits per heavy atom. The predicted octanol–water partition coefficient (Wildman–Crippen LogP) is 1.78. The molecule has 3 aliphatic rings. The molecule has 0 bridgehead atoms. The van der Waals surface area contributed by atoms with E-state index < -0.39 is 0 Å². The monoisotopic (exact) mass is 379 g/mol. The van der Waals surface area contributed by atoms with Gasteiger partial charge in [-0.1, -0.05) is 19.3 Å². The van der Waals surface area contributed by atoms with Crippen molar-refractivity contribution in [1.82, 2.24) is 20.4 Å². The summed E-state index contributed by atoms with van der Waals surface area (Å²) >= 11 is 0. The largest absolute Gasteiger partial charge is 0.379 e. The van der Waals surface area contributed by atoms with E-state index in [0.717, 1.165) is 51.3 Å². The average Bonchev–Trinajstić information content (AvgIpc) is 2.70. The molecule has 1 atom stereocenters. The van der Waals surface area contributed by atoms with Crippen LogP contribution in [0, 0.1) is 11.3 Å². The third-order valence-corrected chi connectivity index (χ3v) is 6.71. The molecule has 156 valence electrons. The number of nitrogens with one attached hydrogen (secondary N) is 2. The lowest BCUT2D eigenvalue weighted by Crippen LogP contribution is -2.51. The summed E-state index contributed by atoms with van der Waals surface area (Å²) in [4.78, 5) is 9.57. The van der Waals surface area contributed by atoms with Crippen LogP contribution in [0.2, 0.25) is 0 Å². The van der Waals surface area contributed by atoms with E-state index in [1.165, 1.54) is 64.6 Å². The third-order valence-electron chi connectivity index (χ3n) is 6.71. The van der Waals surface area contributed by atoms with Gasteiger partial charge in [-0.25, -0.2) is 0 Å². The van der Waals surface area contributed by atoms with Gasteiger partial charge in [0.15, 0.2) is 5.96 Å². The van der Waals surface area contributed by atoms with Crippen LogP contribution in [0.1, 0.15) is 44.9 Å². The SMILES string of the molecule is CN=C(NCC1CCCN(C)C1)NCC1(CN2CCOCC2)CCCCC1. The minimum atomic E-state index is 0.387. The molecule has 0 aromatic rings. The molecule has 0 aromatic heterocycles. The van der Waals surface area contributed by atoms with Gasteiger partial charge in [0.1, 0.15) is 0 Å². The summed E-state index contributed by atoms with van der Waals surface area (Å²) in [5, 5.41) is 7.29. The molecular formula is C21H41N5O. The number of likely N-dealkylation sites (tertiary alicyclic amines) is 1. The second-order valence-electron chi connectivity index (χ2n) is 9.03. The van der Waals surface area contributed by atoms with Crippen molar-refractivity contribution < 1.29 is 4.74 Å². The highest BCUT2D eigenvalue weighted by Gasteiger charge is 2.34. The van der Waals surface area contributed by atoms with E-state index in [1.54, 1.807) is 0 Å². The summed E-state index contributed by atoms with van der Waals surface area (Å²) in [5.41, 5.74) is 0.387. The van der Waals surface area contributed by atoms with E-state index in [0.29, 0.717) is 5.41 Å². The van der Waals surface area contributed by atoms with Gasteiger partial charge in [0.05, 0.1) is 13.2 Å². The first-order valence-corrected chi connectivity index (χ1v) is 11.1. The first-order valence-electron chi connectivity index (χ1n) is 11.1. The van der Waals surface area contributed by atoms with Crippen molar-refractivity contribution in [3.05, 3.63) is 0 Å². The minimum Gasteiger partial charge on any atom is -0.379 e. The van der Waals surface area contributed by atoms with Crippen LogP contribution in [-0.2, 0) is 4.74 Å². The van der Waals surface area contributed by atoms with Crippen molar-refractivity contribution in [3.8, 4) is 0 Å². The Labute approximate surface area is 166 Å². The summed E-state index contributed by atoms with van der Waals surface area (Å²) in [6.45, 7) is 9.67. The van der Waals surface area contributed by atoms with Crippen LogP contribution in [0.25, 0.3) is 0 Å². The van der Waals surface area contributed by atoms with E-state index in [2.05, 4.69) is 32.5 Å². The quantitative estimate of drug-likeness (QED) is 0.544. The Morgan fingerprint density at radius 3 is 2.56 bits per heavy atom. The van der Waals surface area contributed by atoms with Crippen molar-refractivity contribution in [1.29, 1.82) is 0 Å². The highest BCUT2D eigenvalue weighted by atomic mass is 16.5. The second-order valence-corrected chi connectivity index (χ2v) is 9.03. The van der Waals surface area contributed by atoms with Gasteiger partial charge in [0.25, 0.3) is 0 Å². The number of hydrogen-bond donors (Lipinski definition) is 2. The highest BCUT2D eigenvalue weighted by Crippen LogP contribution is 2.36. The van der Waals surface area contributed by atoms with Crippen molar-refractivity contribution in [3.63, 3.8) is 0 Å². The van der Waals surface area contributed by atoms with Crippen molar-refractivity contribution in [2.24, 2.45) is 16.3 Å². The lowest BCUT2D eigenvalue weighted by molar-refractivity contribution is 0.00820. The maximum atomic E-state index is 5.54. The molecular weight excluding hydrogens is 338 g/mol. The summed E-state index contributed by atoms with van der Waals surface area (Å²) in [7, 11) is 4.13. The third kappa shape index (κ3) is 6.61. The van der Waals surface area contributed by atoms with Crippen LogP contribution >= 0.6 is 0 Å². The normalized spacial score (nSPS) is 28.1. The second kappa shape index (κ2) is 10.6. The molecule has 27 heavy (non-hydrogen) atoms. The number of nitrogens with zero attached hydrogens (tertiary/aromatic N) is 3. The molecule has 2 N–H and O–H groups in total. The summed E-state index contributed by atoms with van der Waals surface area (Å²) in [6.07, 6.45) is 9.45. The minimum absolute atomic E-state index is 0.387. The van der Waals surface area contributed by atoms with Crippen molar-refractivity contribution in [2.45, 2.75) is 44.9 Å². The van der Waals surface area contributed by atoms with E-state index in [-0.39, 0.29) is 0 Å². The standard InChI is InChI=1S/C21H41N5O/c1-22-20(23-15-19-7-6-10-25(2)16-19)24-17-21(8-4-3-5-9-21)18-26-11-13-27-14-12-26/h19H,3-18H2,1-2H3,(H2,22,23,24). The van der Waals surface area contributed by atoms with Crippen LogP contribution in [0.5, 0.6) is 0 Å². The van der Waals surface area contributed by atoms with Gasteiger partial charge in [-0.15, -0.1) is 0 Å². The van der Waals surface area contributed by atoms with Gasteiger partial charge in [0.2, 0.25) is 0 Å². The molecule has 2 saturated heterocycles. The van der Waals surface area contributed by atoms with Gasteiger partial charge in [-0.05, 0) is 45.2 Å². The van der Waals surface area contributed by atoms with E-state index in [1.807, 2.05) is 7.05 Å². The number of piperidine rings is 1. The fourth-order valence-electron chi connectivity index (χ4n) is 5.10. The molecule has 0 spiro atoms. The predicted molar refractivity (Wildman–Crippen MR) is 112 cm³/mol. The number of rotatable bonds is 6. The van der Waals surface area contributed by atoms with Crippen LogP contribution in [-0.4, -0.2) is 88.9 Å². The first-order chi connectivity index (χ1) is 13.2. The average molecular weight is 380 g/mol. The molecule has 0 amide bonds. The Morgan fingerprint density at radius 2 is 1.85 bits per heavy atom. The molecule has 1 aliphatic carbocycles. The van der Waals surface area contributed by atoms with Crippen LogP contribution in [0.4, 0.5) is 0 Å². The Hall–Kier alpha value is -0.850. The first kappa shape index (κ1) is 20.9. The van der Waals surface area contributed by atoms with Gasteiger partial charge in [-0.3, -0.25) is 9.89 Å². The zero-order chi connectivity index (χ0) is 19.0. The topological polar surface area (TPSA) is 52.1 Å². The van der Waals surface area contributed by atoms with Gasteiger partial charge in [-0.2, -0.15) is 0 Å². The molecule has 0 aromatic carbocycles. The fourth-order valence-corrected chi connectivity index (χ4v) is 5.10. The highest BCUT2D eigenvalue weighted by molar-refractivity contribution is 5.79. The molecule has 0 radical (unpaired) electrons. The lowest BCUT2D eigenvalue weighted by atomic mass is 9.73. The zero-order valence-corrected chi connectivity index (χ0v) is 17.6. The maximum Gasteiger partial charge on any atom is 0.191 e. The van der Waals surface area contributed by atoms with E-state index in [4.69, 9.17) is 4.74 Å². The maximum absolute atomic E-state index is 5.54. The van der Waals surface area contributed by atoms with E-state index in [9.17, 15) is 0 Å². The Balaban J connectivity index is 1.48. The van der Waals surface area contributed by atoms with Crippen molar-refractivity contribution >= 4 is 5.96 Å².